The molecule has 0 fully saturated rings. The molecule has 0 radical (unpaired) electrons. The third kappa shape index (κ3) is 1260. The Bertz CT molecular complexity index is 208. The third-order valence-electron chi connectivity index (χ3n) is 0. The van der Waals surface area contributed by atoms with Crippen molar-refractivity contribution in [2.45, 2.75) is 0 Å². The molecule has 0 unspecified atom stereocenters. The molecule has 0 atom stereocenters. The lowest BCUT2D eigenvalue weighted by molar-refractivity contribution is -0.402. The number of rotatable bonds is 0. The Morgan fingerprint density at radius 2 is 1.08 bits per heavy atom. The molecule has 82 valence electrons. The van der Waals surface area contributed by atoms with Crippen LogP contribution in [-0.2, 0) is 21.8 Å². The van der Waals surface area contributed by atoms with Crippen LogP contribution in [0, 0.1) is 15.3 Å². The van der Waals surface area contributed by atoms with Crippen molar-refractivity contribution in [3.8, 4) is 0 Å². The average Bonchev–Trinajstić information content (AvgIpc) is 1.50. The molecule has 13 heavy (non-hydrogen) atoms. The SMILES string of the molecule is O=S(=O)([O-])[O-].O=S([O-])[O-].O=[N+]([O-])[O-]. The normalized spacial score (nSPS) is 9.00. The second kappa shape index (κ2) is 9.23. The van der Waals surface area contributed by atoms with E-state index in [9.17, 15) is 0 Å². The minimum Gasteiger partial charge on any atom is -0.784 e. The molecule has 13 heteroatoms. The van der Waals surface area contributed by atoms with Crippen molar-refractivity contribution in [1.29, 1.82) is 0 Å². The molecule has 0 saturated carbocycles. The second-order valence-electron chi connectivity index (χ2n) is 0.836. The van der Waals surface area contributed by atoms with Crippen LogP contribution in [-0.4, -0.2) is 35.9 Å². The predicted octanol–water partition coefficient (Wildman–Crippen LogP) is -2.58. The monoisotopic (exact) mass is 238 g/mol. The van der Waals surface area contributed by atoms with Crippen LogP contribution in [0.25, 0.3) is 0 Å². The zero-order chi connectivity index (χ0) is 11.7. The molecule has 0 aromatic rings. The van der Waals surface area contributed by atoms with Gasteiger partial charge >= 0.3 is 0 Å². The van der Waals surface area contributed by atoms with Crippen LogP contribution in [0.3, 0.4) is 0 Å². The van der Waals surface area contributed by atoms with Gasteiger partial charge in [0.05, 0.1) is 5.09 Å². The summed E-state index contributed by atoms with van der Waals surface area (Å²) < 4.78 is 59.4. The first-order valence-electron chi connectivity index (χ1n) is 1.71. The highest BCUT2D eigenvalue weighted by Gasteiger charge is 1.49. The van der Waals surface area contributed by atoms with E-state index >= 15 is 0 Å². The van der Waals surface area contributed by atoms with Gasteiger partial charge in [-0.1, -0.05) is 0 Å². The molecule has 0 aliphatic heterocycles. The molecular formula is NO10S2-5. The Hall–Kier alpha value is -0.860. The molecule has 0 saturated heterocycles. The maximum absolute atomic E-state index is 8.52. The van der Waals surface area contributed by atoms with E-state index in [1.54, 1.807) is 0 Å². The van der Waals surface area contributed by atoms with Gasteiger partial charge in [-0.25, -0.2) is 0 Å². The fourth-order valence-electron chi connectivity index (χ4n) is 0. The summed E-state index contributed by atoms with van der Waals surface area (Å²) in [6, 6.07) is 0. The molecule has 11 nitrogen and oxygen atoms in total. The van der Waals surface area contributed by atoms with Gasteiger partial charge in [0.25, 0.3) is 0 Å². The molecule has 0 aromatic heterocycles. The molecule has 0 aliphatic rings. The Kier molecular flexibility index (Phi) is 12.8. The van der Waals surface area contributed by atoms with Crippen molar-refractivity contribution in [2.24, 2.45) is 0 Å². The molecule has 0 heterocycles. The van der Waals surface area contributed by atoms with E-state index in [2.05, 4.69) is 0 Å². The van der Waals surface area contributed by atoms with Gasteiger partial charge in [-0.2, -0.15) is 0 Å². The fraction of sp³-hybridized carbons (Fsp3) is 0. The lowest BCUT2D eigenvalue weighted by Crippen LogP contribution is -1.91. The Morgan fingerprint density at radius 1 is 1.08 bits per heavy atom. The summed E-state index contributed by atoms with van der Waals surface area (Å²) in [5.41, 5.74) is 0. The second-order valence-corrected chi connectivity index (χ2v) is 2.06. The smallest absolute Gasteiger partial charge is 0.0689 e. The summed E-state index contributed by atoms with van der Waals surface area (Å²) in [7, 11) is -5.17. The van der Waals surface area contributed by atoms with Gasteiger partial charge in [0.2, 0.25) is 0 Å². The molecule has 0 N–H and O–H groups in total. The summed E-state index contributed by atoms with van der Waals surface area (Å²) >= 11 is -3.11. The van der Waals surface area contributed by atoms with Crippen LogP contribution in [0.15, 0.2) is 0 Å². The zero-order valence-corrected chi connectivity index (χ0v) is 6.98. The van der Waals surface area contributed by atoms with E-state index in [4.69, 9.17) is 46.2 Å². The predicted molar refractivity (Wildman–Crippen MR) is 30.5 cm³/mol. The van der Waals surface area contributed by atoms with E-state index in [0.29, 0.717) is 0 Å². The number of nitrogens with zero attached hydrogens (tertiary/aromatic N) is 1. The first-order chi connectivity index (χ1) is 5.46. The zero-order valence-electron chi connectivity index (χ0n) is 5.35. The minimum absolute atomic E-state index is 1.75. The van der Waals surface area contributed by atoms with Crippen molar-refractivity contribution in [1.82, 2.24) is 0 Å². The number of hydrogen-bond acceptors (Lipinski definition) is 10. The average molecular weight is 238 g/mol. The Balaban J connectivity index is -0.000000117. The lowest BCUT2D eigenvalue weighted by atomic mass is 13.1. The van der Waals surface area contributed by atoms with Gasteiger partial charge in [-0.15, -0.1) is 11.4 Å². The maximum atomic E-state index is 8.52. The summed E-state index contributed by atoms with van der Waals surface area (Å²) in [6.45, 7) is 0. The van der Waals surface area contributed by atoms with E-state index in [1.165, 1.54) is 0 Å². The first kappa shape index (κ1) is 18.0. The van der Waals surface area contributed by atoms with Crippen LogP contribution in [0.4, 0.5) is 0 Å². The highest BCUT2D eigenvalue weighted by Crippen LogP contribution is 1.57. The summed E-state index contributed by atoms with van der Waals surface area (Å²) in [5, 5.41) is 14.8. The molecule has 0 amide bonds. The summed E-state index contributed by atoms with van der Waals surface area (Å²) in [5.74, 6) is 0. The van der Waals surface area contributed by atoms with Gasteiger partial charge in [-0.3, -0.25) is 12.6 Å². The Morgan fingerprint density at radius 3 is 1.08 bits per heavy atom. The largest absolute Gasteiger partial charge is 0.784 e. The van der Waals surface area contributed by atoms with Crippen molar-refractivity contribution in [3.63, 3.8) is 0 Å². The van der Waals surface area contributed by atoms with Crippen LogP contribution in [0.1, 0.15) is 0 Å². The highest BCUT2D eigenvalue weighted by molar-refractivity contribution is 7.79. The van der Waals surface area contributed by atoms with Crippen LogP contribution < -0.4 is 0 Å². The van der Waals surface area contributed by atoms with Crippen LogP contribution in [0.5, 0.6) is 0 Å². The van der Waals surface area contributed by atoms with Gasteiger partial charge in [-0.05, 0) is 0 Å². The van der Waals surface area contributed by atoms with Gasteiger partial charge < -0.3 is 33.5 Å². The minimum atomic E-state index is -5.17. The summed E-state index contributed by atoms with van der Waals surface area (Å²) in [6.07, 6.45) is 0. The maximum Gasteiger partial charge on any atom is 0.0689 e. The van der Waals surface area contributed by atoms with Gasteiger partial charge in [0.15, 0.2) is 0 Å². The van der Waals surface area contributed by atoms with E-state index in [1.807, 2.05) is 0 Å². The first-order valence-corrected chi connectivity index (χ1v) is 4.05. The fourth-order valence-corrected chi connectivity index (χ4v) is 0. The topological polar surface area (TPSA) is 210 Å². The van der Waals surface area contributed by atoms with E-state index in [0.717, 1.165) is 0 Å². The summed E-state index contributed by atoms with van der Waals surface area (Å²) in [4.78, 5) is 8.25. The van der Waals surface area contributed by atoms with E-state index in [-0.39, 0.29) is 0 Å². The Labute approximate surface area is 73.8 Å². The van der Waals surface area contributed by atoms with E-state index < -0.39 is 26.8 Å². The quantitative estimate of drug-likeness (QED) is 0.141. The van der Waals surface area contributed by atoms with Crippen molar-refractivity contribution < 1.29 is 35.9 Å². The van der Waals surface area contributed by atoms with Gasteiger partial charge in [0.1, 0.15) is 0 Å². The molecule has 0 rings (SSSR count). The standard InChI is InChI=1S/NO3.H2O4S.H2O3S/c2-1(3)4;1-5(2,3)4;1-4(2)3/h;(H2,1,2,3,4);(H2,1,2,3)/q-1;;/p-4. The van der Waals surface area contributed by atoms with Crippen molar-refractivity contribution in [3.05, 3.63) is 15.3 Å². The molecule has 0 spiro atoms. The molecular weight excluding hydrogens is 238 g/mol. The van der Waals surface area contributed by atoms with Crippen molar-refractivity contribution >= 4 is 21.8 Å². The number of hydrogen-bond donors (Lipinski definition) is 0. The highest BCUT2D eigenvalue weighted by atomic mass is 32.3. The molecule has 0 aliphatic carbocycles. The molecule has 0 aromatic carbocycles. The van der Waals surface area contributed by atoms with Crippen molar-refractivity contribution in [2.75, 3.05) is 0 Å². The van der Waals surface area contributed by atoms with Crippen LogP contribution >= 0.6 is 0 Å². The molecule has 0 bridgehead atoms. The third-order valence-corrected chi connectivity index (χ3v) is 0. The lowest BCUT2D eigenvalue weighted by Gasteiger charge is -2.06. The van der Waals surface area contributed by atoms with Gasteiger partial charge in [0, 0.05) is 10.4 Å². The van der Waals surface area contributed by atoms with Crippen LogP contribution in [0.2, 0.25) is 0 Å².